The molecule has 1 saturated carbocycles. The van der Waals surface area contributed by atoms with Gasteiger partial charge in [0.2, 0.25) is 0 Å². The Morgan fingerprint density at radius 2 is 1.96 bits per heavy atom. The Balaban J connectivity index is 0.000000256. The third-order valence-corrected chi connectivity index (χ3v) is 5.29. The number of ether oxygens (including phenoxy) is 2. The second kappa shape index (κ2) is 8.49. The second-order valence-corrected chi connectivity index (χ2v) is 6.96. The van der Waals surface area contributed by atoms with Crippen molar-refractivity contribution in [2.45, 2.75) is 38.3 Å². The van der Waals surface area contributed by atoms with Crippen molar-refractivity contribution in [2.24, 2.45) is 17.3 Å². The molecule has 1 aliphatic carbocycles. The molecule has 0 amide bonds. The normalized spacial score (nSPS) is 30.5. The number of carboxylic acid groups (broad SMARTS) is 1. The van der Waals surface area contributed by atoms with Crippen LogP contribution in [-0.4, -0.2) is 56.8 Å². The van der Waals surface area contributed by atoms with E-state index in [9.17, 15) is 13.2 Å². The maximum atomic E-state index is 10.6. The molecule has 0 aromatic carbocycles. The van der Waals surface area contributed by atoms with E-state index in [-0.39, 0.29) is 0 Å². The van der Waals surface area contributed by atoms with Gasteiger partial charge in [0.05, 0.1) is 6.61 Å². The Labute approximate surface area is 139 Å². The molecular formula is C16H26F3NO4. The van der Waals surface area contributed by atoms with Gasteiger partial charge in [0.25, 0.3) is 0 Å². The molecule has 3 fully saturated rings. The number of halogens is 3. The van der Waals surface area contributed by atoms with Crippen LogP contribution < -0.4 is 5.32 Å². The molecule has 2 atom stereocenters. The molecule has 2 aliphatic heterocycles. The summed E-state index contributed by atoms with van der Waals surface area (Å²) in [6.07, 6.45) is 1.49. The lowest BCUT2D eigenvalue weighted by molar-refractivity contribution is -0.192. The lowest BCUT2D eigenvalue weighted by Crippen LogP contribution is -2.32. The predicted octanol–water partition coefficient (Wildman–Crippen LogP) is 2.45. The van der Waals surface area contributed by atoms with Crippen molar-refractivity contribution >= 4 is 5.97 Å². The van der Waals surface area contributed by atoms with Gasteiger partial charge in [0, 0.05) is 31.8 Å². The minimum Gasteiger partial charge on any atom is -0.475 e. The van der Waals surface area contributed by atoms with Crippen LogP contribution in [0.3, 0.4) is 0 Å². The lowest BCUT2D eigenvalue weighted by atomic mass is 9.81. The van der Waals surface area contributed by atoms with Gasteiger partial charge < -0.3 is 19.9 Å². The van der Waals surface area contributed by atoms with Crippen molar-refractivity contribution in [3.05, 3.63) is 0 Å². The standard InChI is InChI=1S/C14H25NO2.C2HF3O2/c1-2-13-8-15-10-14(13,5-1)11-17-9-12-3-6-16-7-4-12;3-2(4,5)1(6)7/h12-13,15H,1-11H2;(H,6,7)/t13-,14+;/m1./s1. The van der Waals surface area contributed by atoms with Crippen LogP contribution >= 0.6 is 0 Å². The van der Waals surface area contributed by atoms with E-state index in [0.717, 1.165) is 38.3 Å². The van der Waals surface area contributed by atoms with Gasteiger partial charge >= 0.3 is 12.1 Å². The summed E-state index contributed by atoms with van der Waals surface area (Å²) in [6, 6.07) is 0. The molecule has 3 aliphatic rings. The molecule has 0 aromatic rings. The Kier molecular flexibility index (Phi) is 6.88. The van der Waals surface area contributed by atoms with Crippen LogP contribution in [0.1, 0.15) is 32.1 Å². The Morgan fingerprint density at radius 1 is 1.29 bits per heavy atom. The highest BCUT2D eigenvalue weighted by Crippen LogP contribution is 2.45. The Hall–Kier alpha value is -0.860. The first kappa shape index (κ1) is 19.5. The zero-order valence-electron chi connectivity index (χ0n) is 13.7. The van der Waals surface area contributed by atoms with Crippen LogP contribution in [0.2, 0.25) is 0 Å². The Bertz CT molecular complexity index is 401. The summed E-state index contributed by atoms with van der Waals surface area (Å²) in [5.41, 5.74) is 0.491. The number of hydrogen-bond acceptors (Lipinski definition) is 4. The van der Waals surface area contributed by atoms with E-state index in [2.05, 4.69) is 5.32 Å². The monoisotopic (exact) mass is 353 g/mol. The number of carbonyl (C=O) groups is 1. The van der Waals surface area contributed by atoms with E-state index < -0.39 is 12.1 Å². The number of nitrogens with one attached hydrogen (secondary N) is 1. The van der Waals surface area contributed by atoms with E-state index in [1.54, 1.807) is 0 Å². The summed E-state index contributed by atoms with van der Waals surface area (Å²) in [6.45, 7) is 6.22. The summed E-state index contributed by atoms with van der Waals surface area (Å²) in [5, 5.41) is 10.7. The van der Waals surface area contributed by atoms with Gasteiger partial charge in [0.1, 0.15) is 0 Å². The fraction of sp³-hybridized carbons (Fsp3) is 0.938. The third-order valence-electron chi connectivity index (χ3n) is 5.29. The summed E-state index contributed by atoms with van der Waals surface area (Å²) in [7, 11) is 0. The summed E-state index contributed by atoms with van der Waals surface area (Å²) < 4.78 is 43.2. The van der Waals surface area contributed by atoms with Crippen LogP contribution in [0.25, 0.3) is 0 Å². The van der Waals surface area contributed by atoms with E-state index in [1.165, 1.54) is 45.2 Å². The number of rotatable bonds is 4. The number of aliphatic carboxylic acids is 1. The van der Waals surface area contributed by atoms with E-state index in [1.807, 2.05) is 0 Å². The number of alkyl halides is 3. The van der Waals surface area contributed by atoms with Crippen LogP contribution in [0.4, 0.5) is 13.2 Å². The predicted molar refractivity (Wildman–Crippen MR) is 80.7 cm³/mol. The van der Waals surface area contributed by atoms with Crippen molar-refractivity contribution < 1.29 is 32.5 Å². The smallest absolute Gasteiger partial charge is 0.475 e. The first-order valence-corrected chi connectivity index (χ1v) is 8.50. The molecular weight excluding hydrogens is 327 g/mol. The lowest BCUT2D eigenvalue weighted by Gasteiger charge is -2.29. The van der Waals surface area contributed by atoms with Gasteiger partial charge in [-0.15, -0.1) is 0 Å². The van der Waals surface area contributed by atoms with Gasteiger partial charge in [-0.1, -0.05) is 6.42 Å². The summed E-state index contributed by atoms with van der Waals surface area (Å²) >= 11 is 0. The van der Waals surface area contributed by atoms with E-state index >= 15 is 0 Å². The highest BCUT2D eigenvalue weighted by Gasteiger charge is 2.46. The molecule has 2 heterocycles. The average Bonchev–Trinajstić information content (AvgIpc) is 3.07. The zero-order valence-corrected chi connectivity index (χ0v) is 13.7. The molecule has 140 valence electrons. The number of carboxylic acids is 1. The zero-order chi connectivity index (χ0) is 17.6. The molecule has 0 unspecified atom stereocenters. The van der Waals surface area contributed by atoms with Gasteiger partial charge in [-0.2, -0.15) is 13.2 Å². The van der Waals surface area contributed by atoms with Gasteiger partial charge in [-0.3, -0.25) is 0 Å². The van der Waals surface area contributed by atoms with Gasteiger partial charge in [-0.05, 0) is 44.1 Å². The van der Waals surface area contributed by atoms with Gasteiger partial charge in [-0.25, -0.2) is 4.79 Å². The summed E-state index contributed by atoms with van der Waals surface area (Å²) in [5.74, 6) is -1.13. The van der Waals surface area contributed by atoms with Crippen molar-refractivity contribution in [3.8, 4) is 0 Å². The fourth-order valence-corrected chi connectivity index (χ4v) is 3.84. The fourth-order valence-electron chi connectivity index (χ4n) is 3.84. The topological polar surface area (TPSA) is 67.8 Å². The molecule has 24 heavy (non-hydrogen) atoms. The highest BCUT2D eigenvalue weighted by molar-refractivity contribution is 5.73. The van der Waals surface area contributed by atoms with Crippen LogP contribution in [0.5, 0.6) is 0 Å². The van der Waals surface area contributed by atoms with Crippen molar-refractivity contribution in [3.63, 3.8) is 0 Å². The molecule has 5 nitrogen and oxygen atoms in total. The summed E-state index contributed by atoms with van der Waals surface area (Å²) in [4.78, 5) is 8.90. The highest BCUT2D eigenvalue weighted by atomic mass is 19.4. The van der Waals surface area contributed by atoms with Crippen molar-refractivity contribution in [1.82, 2.24) is 5.32 Å². The first-order chi connectivity index (χ1) is 11.3. The van der Waals surface area contributed by atoms with Crippen molar-refractivity contribution in [1.29, 1.82) is 0 Å². The third kappa shape index (κ3) is 5.32. The second-order valence-electron chi connectivity index (χ2n) is 6.96. The maximum absolute atomic E-state index is 10.6. The van der Waals surface area contributed by atoms with Crippen LogP contribution in [-0.2, 0) is 14.3 Å². The maximum Gasteiger partial charge on any atom is 0.490 e. The molecule has 2 N–H and O–H groups in total. The van der Waals surface area contributed by atoms with Crippen molar-refractivity contribution in [2.75, 3.05) is 39.5 Å². The van der Waals surface area contributed by atoms with Crippen LogP contribution in [0, 0.1) is 17.3 Å². The molecule has 0 aromatic heterocycles. The quantitative estimate of drug-likeness (QED) is 0.813. The Morgan fingerprint density at radius 3 is 2.58 bits per heavy atom. The number of fused-ring (bicyclic) bond motifs is 1. The SMILES string of the molecule is C1C[C@@H]2CNC[C@]2(COCC2CCOCC2)C1.O=C(O)C(F)(F)F. The van der Waals surface area contributed by atoms with E-state index in [4.69, 9.17) is 19.4 Å². The minimum atomic E-state index is -5.08. The van der Waals surface area contributed by atoms with Crippen LogP contribution in [0.15, 0.2) is 0 Å². The van der Waals surface area contributed by atoms with Gasteiger partial charge in [0.15, 0.2) is 0 Å². The molecule has 0 radical (unpaired) electrons. The van der Waals surface area contributed by atoms with E-state index in [0.29, 0.717) is 5.41 Å². The first-order valence-electron chi connectivity index (χ1n) is 8.50. The molecule has 8 heteroatoms. The largest absolute Gasteiger partial charge is 0.490 e. The minimum absolute atomic E-state index is 0.491. The molecule has 0 bridgehead atoms. The molecule has 2 saturated heterocycles. The number of hydrogen-bond donors (Lipinski definition) is 2. The average molecular weight is 353 g/mol. The molecule has 0 spiro atoms. The molecule has 3 rings (SSSR count).